The molecule has 1 heteroatoms. The van der Waals surface area contributed by atoms with Crippen molar-refractivity contribution in [3.63, 3.8) is 0 Å². The summed E-state index contributed by atoms with van der Waals surface area (Å²) in [6.07, 6.45) is 0. The monoisotopic (exact) mass is 577 g/mol. The van der Waals surface area contributed by atoms with E-state index >= 15 is 0 Å². The maximum Gasteiger partial charge on any atom is 0.136 e. The minimum absolute atomic E-state index is 0.140. The normalized spacial score (nSPS) is 13.1. The van der Waals surface area contributed by atoms with Crippen LogP contribution in [-0.4, -0.2) is 0 Å². The van der Waals surface area contributed by atoms with Gasteiger partial charge in [0.15, 0.2) is 0 Å². The largest absolute Gasteiger partial charge is 0.456 e. The van der Waals surface area contributed by atoms with Crippen molar-refractivity contribution >= 4 is 43.5 Å². The first-order valence-corrected chi connectivity index (χ1v) is 15.0. The second-order valence-electron chi connectivity index (χ2n) is 11.2. The molecule has 9 aromatic rings. The molecule has 9 rings (SSSR count). The first kappa shape index (κ1) is 20.9. The molecule has 1 nitrogen and oxygen atoms in total. The van der Waals surface area contributed by atoms with E-state index in [0.29, 0.717) is 16.7 Å². The standard InChI is InChI=1S/C44H28O/c1-3-15-29(16-4-1)31-27-39(44-38-25-13-14-26-40(38)45-41(44)28-31)43-36-23-11-9-21-34(36)42(35-22-10-12-24-37(35)43)33-20-8-7-19-32(33)30-17-5-2-6-18-30/h1-28H/i1D,3D,4D,15D,16D. The van der Waals surface area contributed by atoms with Crippen LogP contribution in [0.2, 0.25) is 0 Å². The number of benzene rings is 8. The third kappa shape index (κ3) is 4.09. The maximum atomic E-state index is 8.84. The minimum atomic E-state index is -0.419. The smallest absolute Gasteiger partial charge is 0.136 e. The molecule has 1 heterocycles. The van der Waals surface area contributed by atoms with Gasteiger partial charge >= 0.3 is 0 Å². The molecule has 0 radical (unpaired) electrons. The van der Waals surface area contributed by atoms with Crippen molar-refractivity contribution in [2.75, 3.05) is 0 Å². The van der Waals surface area contributed by atoms with E-state index in [9.17, 15) is 0 Å². The van der Waals surface area contributed by atoms with Crippen LogP contribution in [-0.2, 0) is 0 Å². The summed E-state index contributed by atoms with van der Waals surface area (Å²) in [6.45, 7) is 0. The van der Waals surface area contributed by atoms with E-state index in [1.165, 1.54) is 0 Å². The highest BCUT2D eigenvalue weighted by Crippen LogP contribution is 2.49. The number of fused-ring (bicyclic) bond motifs is 5. The van der Waals surface area contributed by atoms with E-state index in [2.05, 4.69) is 97.1 Å². The number of para-hydroxylation sites is 1. The van der Waals surface area contributed by atoms with Crippen LogP contribution in [0.25, 0.3) is 88.0 Å². The molecule has 0 atom stereocenters. The topological polar surface area (TPSA) is 13.1 Å². The van der Waals surface area contributed by atoms with Crippen LogP contribution in [0.3, 0.4) is 0 Å². The lowest BCUT2D eigenvalue weighted by molar-refractivity contribution is 0.669. The third-order valence-electron chi connectivity index (χ3n) is 8.75. The Balaban J connectivity index is 1.45. The van der Waals surface area contributed by atoms with Gasteiger partial charge in [0.25, 0.3) is 0 Å². The van der Waals surface area contributed by atoms with Gasteiger partial charge in [-0.15, -0.1) is 0 Å². The van der Waals surface area contributed by atoms with Gasteiger partial charge in [-0.1, -0.05) is 152 Å². The van der Waals surface area contributed by atoms with E-state index in [4.69, 9.17) is 11.3 Å². The van der Waals surface area contributed by atoms with E-state index in [0.717, 1.165) is 65.7 Å². The molecular weight excluding hydrogens is 544 g/mol. The van der Waals surface area contributed by atoms with Crippen molar-refractivity contribution in [1.29, 1.82) is 0 Å². The Morgan fingerprint density at radius 1 is 0.378 bits per heavy atom. The zero-order valence-electron chi connectivity index (χ0n) is 29.2. The summed E-state index contributed by atoms with van der Waals surface area (Å²) in [6, 6.07) is 45.9. The lowest BCUT2D eigenvalue weighted by Gasteiger charge is -2.20. The Morgan fingerprint density at radius 3 is 1.58 bits per heavy atom. The van der Waals surface area contributed by atoms with Gasteiger partial charge < -0.3 is 4.42 Å². The Bertz CT molecular complexity index is 2730. The second kappa shape index (κ2) is 10.4. The van der Waals surface area contributed by atoms with Crippen LogP contribution in [0, 0.1) is 0 Å². The molecule has 0 N–H and O–H groups in total. The molecule has 8 aromatic carbocycles. The highest BCUT2D eigenvalue weighted by Gasteiger charge is 2.22. The summed E-state index contributed by atoms with van der Waals surface area (Å²) >= 11 is 0. The average molecular weight is 578 g/mol. The summed E-state index contributed by atoms with van der Waals surface area (Å²) in [7, 11) is 0. The van der Waals surface area contributed by atoms with Gasteiger partial charge in [-0.2, -0.15) is 0 Å². The predicted molar refractivity (Wildman–Crippen MR) is 190 cm³/mol. The Kier molecular flexibility index (Phi) is 4.81. The highest BCUT2D eigenvalue weighted by atomic mass is 16.3. The Morgan fingerprint density at radius 2 is 0.911 bits per heavy atom. The molecule has 0 aliphatic rings. The van der Waals surface area contributed by atoms with Gasteiger partial charge in [0.05, 0.1) is 6.85 Å². The van der Waals surface area contributed by atoms with Crippen molar-refractivity contribution < 1.29 is 11.3 Å². The molecule has 1 aromatic heterocycles. The van der Waals surface area contributed by atoms with Gasteiger partial charge in [-0.25, -0.2) is 0 Å². The predicted octanol–water partition coefficient (Wildman–Crippen LogP) is 12.6. The summed E-state index contributed by atoms with van der Waals surface area (Å²) in [5.74, 6) is 0. The summed E-state index contributed by atoms with van der Waals surface area (Å²) in [4.78, 5) is 0. The van der Waals surface area contributed by atoms with E-state index in [-0.39, 0.29) is 29.7 Å². The van der Waals surface area contributed by atoms with Crippen LogP contribution in [0.15, 0.2) is 174 Å². The third-order valence-corrected chi connectivity index (χ3v) is 8.75. The fourth-order valence-electron chi connectivity index (χ4n) is 6.87. The molecule has 0 amide bonds. The van der Waals surface area contributed by atoms with Crippen molar-refractivity contribution in [1.82, 2.24) is 0 Å². The summed E-state index contributed by atoms with van der Waals surface area (Å²) < 4.78 is 49.2. The van der Waals surface area contributed by atoms with E-state index in [1.54, 1.807) is 0 Å². The fraction of sp³-hybridized carbons (Fsp3) is 0. The zero-order valence-corrected chi connectivity index (χ0v) is 24.2. The molecular formula is C44H28O. The van der Waals surface area contributed by atoms with Gasteiger partial charge in [-0.3, -0.25) is 0 Å². The van der Waals surface area contributed by atoms with E-state index in [1.807, 2.05) is 42.5 Å². The van der Waals surface area contributed by atoms with Crippen LogP contribution < -0.4 is 0 Å². The number of rotatable bonds is 4. The van der Waals surface area contributed by atoms with Crippen molar-refractivity contribution in [2.24, 2.45) is 0 Å². The van der Waals surface area contributed by atoms with Crippen LogP contribution >= 0.6 is 0 Å². The van der Waals surface area contributed by atoms with Gasteiger partial charge in [0.2, 0.25) is 0 Å². The first-order chi connectivity index (χ1) is 24.4. The van der Waals surface area contributed by atoms with Gasteiger partial charge in [0, 0.05) is 10.8 Å². The maximum absolute atomic E-state index is 8.84. The molecule has 0 unspecified atom stereocenters. The lowest BCUT2D eigenvalue weighted by atomic mass is 9.82. The fourth-order valence-corrected chi connectivity index (χ4v) is 6.87. The molecule has 0 aliphatic heterocycles. The van der Waals surface area contributed by atoms with Crippen LogP contribution in [0.1, 0.15) is 6.85 Å². The van der Waals surface area contributed by atoms with Crippen LogP contribution in [0.4, 0.5) is 0 Å². The van der Waals surface area contributed by atoms with Crippen LogP contribution in [0.5, 0.6) is 0 Å². The SMILES string of the molecule is [2H]c1c([2H])c([2H])c(-c2cc(-c3c4ccccc4c(-c4ccccc4-c4ccccc4)c4ccccc34)c3c(c2)oc2ccccc23)c([2H])c1[2H]. The number of hydrogen-bond acceptors (Lipinski definition) is 1. The lowest BCUT2D eigenvalue weighted by Crippen LogP contribution is -1.93. The molecule has 0 saturated heterocycles. The molecule has 210 valence electrons. The zero-order chi connectivity index (χ0) is 34.1. The van der Waals surface area contributed by atoms with E-state index < -0.39 is 6.04 Å². The Hall–Kier alpha value is -5.92. The van der Waals surface area contributed by atoms with Crippen molar-refractivity contribution in [2.45, 2.75) is 0 Å². The molecule has 0 aliphatic carbocycles. The molecule has 45 heavy (non-hydrogen) atoms. The highest BCUT2D eigenvalue weighted by molar-refractivity contribution is 6.26. The first-order valence-electron chi connectivity index (χ1n) is 17.5. The average Bonchev–Trinajstić information content (AvgIpc) is 3.54. The quantitative estimate of drug-likeness (QED) is 0.190. The number of furan rings is 1. The molecule has 0 bridgehead atoms. The summed E-state index contributed by atoms with van der Waals surface area (Å²) in [5, 5.41) is 6.08. The van der Waals surface area contributed by atoms with Gasteiger partial charge in [0.1, 0.15) is 11.2 Å². The minimum Gasteiger partial charge on any atom is -0.456 e. The molecule has 0 spiro atoms. The Labute approximate surface area is 268 Å². The molecule has 0 fully saturated rings. The van der Waals surface area contributed by atoms with Gasteiger partial charge in [-0.05, 0) is 84.3 Å². The second-order valence-corrected chi connectivity index (χ2v) is 11.2. The van der Waals surface area contributed by atoms with Crippen molar-refractivity contribution in [3.05, 3.63) is 170 Å². The van der Waals surface area contributed by atoms with Crippen molar-refractivity contribution in [3.8, 4) is 44.5 Å². The number of hydrogen-bond donors (Lipinski definition) is 0. The molecule has 0 saturated carbocycles. The summed E-state index contributed by atoms with van der Waals surface area (Å²) in [5.41, 5.74) is 8.32.